The zero-order valence-corrected chi connectivity index (χ0v) is 19.9. The molecule has 0 radical (unpaired) electrons. The maximum atomic E-state index is 12.5. The molecule has 1 aliphatic carbocycles. The summed E-state index contributed by atoms with van der Waals surface area (Å²) in [5, 5.41) is 2.40. The van der Waals surface area contributed by atoms with Crippen LogP contribution < -0.4 is 15.0 Å². The van der Waals surface area contributed by atoms with Crippen LogP contribution in [0.3, 0.4) is 0 Å². The number of hydrogen-bond acceptors (Lipinski definition) is 4. The molecule has 1 heterocycles. The van der Waals surface area contributed by atoms with Gasteiger partial charge in [0.05, 0.1) is 19.1 Å². The highest BCUT2D eigenvalue weighted by Crippen LogP contribution is 2.43. The SMILES string of the molecule is COc1ccc(COc2cc(C3Cc4nc[nH]c(=O)c4CC3C(C)C)c3ccccc3c2)cc1. The predicted octanol–water partition coefficient (Wildman–Crippen LogP) is 5.67. The van der Waals surface area contributed by atoms with Crippen LogP contribution in [0.2, 0.25) is 0 Å². The first-order valence-electron chi connectivity index (χ1n) is 11.9. The van der Waals surface area contributed by atoms with Gasteiger partial charge in [-0.3, -0.25) is 4.79 Å². The second-order valence-corrected chi connectivity index (χ2v) is 9.45. The summed E-state index contributed by atoms with van der Waals surface area (Å²) in [5.74, 6) is 2.73. The molecule has 1 aliphatic rings. The van der Waals surface area contributed by atoms with Gasteiger partial charge in [-0.05, 0) is 76.8 Å². The van der Waals surface area contributed by atoms with Gasteiger partial charge in [-0.15, -0.1) is 0 Å². The van der Waals surface area contributed by atoms with E-state index in [1.54, 1.807) is 7.11 Å². The zero-order valence-electron chi connectivity index (χ0n) is 19.9. The van der Waals surface area contributed by atoms with Crippen molar-refractivity contribution < 1.29 is 9.47 Å². The van der Waals surface area contributed by atoms with Gasteiger partial charge >= 0.3 is 0 Å². The maximum absolute atomic E-state index is 12.5. The van der Waals surface area contributed by atoms with Crippen molar-refractivity contribution in [3.63, 3.8) is 0 Å². The number of aromatic amines is 1. The molecule has 0 spiro atoms. The molecule has 0 fully saturated rings. The van der Waals surface area contributed by atoms with Crippen LogP contribution in [0.25, 0.3) is 10.8 Å². The van der Waals surface area contributed by atoms with Crippen LogP contribution >= 0.6 is 0 Å². The van der Waals surface area contributed by atoms with Gasteiger partial charge in [0.15, 0.2) is 0 Å². The van der Waals surface area contributed by atoms with Crippen LogP contribution in [0, 0.1) is 11.8 Å². The minimum absolute atomic E-state index is 0.00414. The van der Waals surface area contributed by atoms with Gasteiger partial charge in [0, 0.05) is 5.56 Å². The Hall–Kier alpha value is -3.60. The Labute approximate surface area is 199 Å². The second-order valence-electron chi connectivity index (χ2n) is 9.45. The smallest absolute Gasteiger partial charge is 0.254 e. The van der Waals surface area contributed by atoms with E-state index in [0.717, 1.165) is 46.5 Å². The molecule has 1 N–H and O–H groups in total. The van der Waals surface area contributed by atoms with E-state index in [2.05, 4.69) is 60.2 Å². The van der Waals surface area contributed by atoms with Crippen molar-refractivity contribution in [3.8, 4) is 11.5 Å². The summed E-state index contributed by atoms with van der Waals surface area (Å²) in [7, 11) is 1.67. The number of nitrogens with zero attached hydrogens (tertiary/aromatic N) is 1. The minimum Gasteiger partial charge on any atom is -0.497 e. The number of methoxy groups -OCH3 is 1. The fraction of sp³-hybridized carbons (Fsp3) is 0.310. The van der Waals surface area contributed by atoms with Crippen LogP contribution in [0.15, 0.2) is 71.8 Å². The Bertz CT molecular complexity index is 1360. The van der Waals surface area contributed by atoms with Gasteiger partial charge in [0.2, 0.25) is 0 Å². The van der Waals surface area contributed by atoms with Crippen molar-refractivity contribution in [2.75, 3.05) is 7.11 Å². The molecule has 3 aromatic carbocycles. The highest BCUT2D eigenvalue weighted by atomic mass is 16.5. The summed E-state index contributed by atoms with van der Waals surface area (Å²) in [6.07, 6.45) is 3.03. The number of ether oxygens (including phenoxy) is 2. The summed E-state index contributed by atoms with van der Waals surface area (Å²) in [5.41, 5.74) is 4.11. The molecule has 34 heavy (non-hydrogen) atoms. The van der Waals surface area contributed by atoms with E-state index in [-0.39, 0.29) is 11.5 Å². The first-order valence-corrected chi connectivity index (χ1v) is 11.9. The average molecular weight is 455 g/mol. The third kappa shape index (κ3) is 4.30. The van der Waals surface area contributed by atoms with Crippen molar-refractivity contribution in [1.82, 2.24) is 9.97 Å². The largest absolute Gasteiger partial charge is 0.497 e. The van der Waals surface area contributed by atoms with Gasteiger partial charge in [-0.25, -0.2) is 4.98 Å². The van der Waals surface area contributed by atoms with Gasteiger partial charge < -0.3 is 14.5 Å². The molecular weight excluding hydrogens is 424 g/mol. The highest BCUT2D eigenvalue weighted by molar-refractivity contribution is 5.87. The standard InChI is InChI=1S/C29H30N2O3/c1-18(2)24-14-27-28(30-17-31-29(27)32)15-26(24)25-13-22(12-20-6-4-5-7-23(20)25)34-16-19-8-10-21(33-3)11-9-19/h4-13,17-18,24,26H,14-16H2,1-3H3,(H,30,31,32). The lowest BCUT2D eigenvalue weighted by Gasteiger charge is -2.35. The molecule has 5 nitrogen and oxygen atoms in total. The first-order chi connectivity index (χ1) is 16.5. The van der Waals surface area contributed by atoms with Crippen LogP contribution in [0.1, 0.15) is 42.1 Å². The minimum atomic E-state index is -0.00414. The fourth-order valence-corrected chi connectivity index (χ4v) is 5.22. The molecule has 0 amide bonds. The lowest BCUT2D eigenvalue weighted by atomic mass is 9.69. The quantitative estimate of drug-likeness (QED) is 0.408. The molecule has 0 saturated carbocycles. The van der Waals surface area contributed by atoms with Crippen LogP contribution in [-0.4, -0.2) is 17.1 Å². The third-order valence-electron chi connectivity index (χ3n) is 7.10. The molecule has 174 valence electrons. The van der Waals surface area contributed by atoms with E-state index in [1.807, 2.05) is 24.3 Å². The summed E-state index contributed by atoms with van der Waals surface area (Å²) in [6, 6.07) is 20.8. The monoisotopic (exact) mass is 454 g/mol. The molecule has 0 aliphatic heterocycles. The topological polar surface area (TPSA) is 64.2 Å². The van der Waals surface area contributed by atoms with E-state index in [0.29, 0.717) is 18.4 Å². The fourth-order valence-electron chi connectivity index (χ4n) is 5.22. The van der Waals surface area contributed by atoms with E-state index in [1.165, 1.54) is 17.3 Å². The number of fused-ring (bicyclic) bond motifs is 2. The molecule has 5 heteroatoms. The lowest BCUT2D eigenvalue weighted by molar-refractivity contribution is 0.290. The Morgan fingerprint density at radius 1 is 1.03 bits per heavy atom. The van der Waals surface area contributed by atoms with Crippen LogP contribution in [-0.2, 0) is 19.4 Å². The summed E-state index contributed by atoms with van der Waals surface area (Å²) >= 11 is 0. The summed E-state index contributed by atoms with van der Waals surface area (Å²) < 4.78 is 11.5. The average Bonchev–Trinajstić information content (AvgIpc) is 2.86. The first kappa shape index (κ1) is 22.2. The highest BCUT2D eigenvalue weighted by Gasteiger charge is 2.34. The number of benzene rings is 3. The van der Waals surface area contributed by atoms with E-state index < -0.39 is 0 Å². The number of aromatic nitrogens is 2. The second kappa shape index (κ2) is 9.34. The van der Waals surface area contributed by atoms with E-state index >= 15 is 0 Å². The Kier molecular flexibility index (Phi) is 6.10. The maximum Gasteiger partial charge on any atom is 0.254 e. The van der Waals surface area contributed by atoms with Crippen LogP contribution in [0.4, 0.5) is 0 Å². The molecule has 5 rings (SSSR count). The lowest BCUT2D eigenvalue weighted by Crippen LogP contribution is -2.33. The molecule has 4 aromatic rings. The number of rotatable bonds is 6. The van der Waals surface area contributed by atoms with E-state index in [9.17, 15) is 4.79 Å². The van der Waals surface area contributed by atoms with Crippen molar-refractivity contribution >= 4 is 10.8 Å². The normalized spacial score (nSPS) is 17.5. The van der Waals surface area contributed by atoms with Gasteiger partial charge in [0.1, 0.15) is 18.1 Å². The number of nitrogens with one attached hydrogen (secondary N) is 1. The van der Waals surface area contributed by atoms with Gasteiger partial charge in [0.25, 0.3) is 5.56 Å². The summed E-state index contributed by atoms with van der Waals surface area (Å²) in [4.78, 5) is 19.8. The van der Waals surface area contributed by atoms with Crippen LogP contribution in [0.5, 0.6) is 11.5 Å². The third-order valence-corrected chi connectivity index (χ3v) is 7.10. The molecule has 1 aromatic heterocycles. The van der Waals surface area contributed by atoms with Crippen molar-refractivity contribution in [3.05, 3.63) is 99.7 Å². The Morgan fingerprint density at radius 3 is 2.59 bits per heavy atom. The molecule has 2 unspecified atom stereocenters. The van der Waals surface area contributed by atoms with Crippen molar-refractivity contribution in [1.29, 1.82) is 0 Å². The Morgan fingerprint density at radius 2 is 1.82 bits per heavy atom. The molecule has 0 saturated heterocycles. The van der Waals surface area contributed by atoms with Gasteiger partial charge in [-0.1, -0.05) is 50.2 Å². The number of H-pyrrole nitrogens is 1. The zero-order chi connectivity index (χ0) is 23.7. The Balaban J connectivity index is 1.53. The van der Waals surface area contributed by atoms with Gasteiger partial charge in [-0.2, -0.15) is 0 Å². The predicted molar refractivity (Wildman–Crippen MR) is 135 cm³/mol. The summed E-state index contributed by atoms with van der Waals surface area (Å²) in [6.45, 7) is 4.98. The molecule has 0 bridgehead atoms. The van der Waals surface area contributed by atoms with Crippen molar-refractivity contribution in [2.24, 2.45) is 11.8 Å². The number of hydrogen-bond donors (Lipinski definition) is 1. The molecular formula is C29H30N2O3. The molecule has 2 atom stereocenters. The van der Waals surface area contributed by atoms with Crippen molar-refractivity contribution in [2.45, 2.75) is 39.2 Å². The van der Waals surface area contributed by atoms with E-state index in [4.69, 9.17) is 9.47 Å².